The van der Waals surface area contributed by atoms with Crippen LogP contribution in [0.25, 0.3) is 11.1 Å². The molecule has 0 fully saturated rings. The lowest BCUT2D eigenvalue weighted by Crippen LogP contribution is -2.26. The Kier molecular flexibility index (Phi) is 4.91. The second-order valence-corrected chi connectivity index (χ2v) is 4.81. The number of methoxy groups -OCH3 is 1. The molecular formula is C17H19NO2. The molecule has 2 aromatic carbocycles. The van der Waals surface area contributed by atoms with Gasteiger partial charge < -0.3 is 4.74 Å². The van der Waals surface area contributed by atoms with Crippen molar-refractivity contribution in [1.82, 2.24) is 4.90 Å². The van der Waals surface area contributed by atoms with Crippen molar-refractivity contribution in [3.05, 3.63) is 60.2 Å². The Morgan fingerprint density at radius 3 is 2.20 bits per heavy atom. The maximum absolute atomic E-state index is 11.2. The van der Waals surface area contributed by atoms with Crippen molar-refractivity contribution in [3.63, 3.8) is 0 Å². The van der Waals surface area contributed by atoms with Gasteiger partial charge in [0.25, 0.3) is 0 Å². The predicted octanol–water partition coefficient (Wildman–Crippen LogP) is 2.96. The average Bonchev–Trinajstić information content (AvgIpc) is 2.48. The van der Waals surface area contributed by atoms with E-state index in [0.29, 0.717) is 6.54 Å². The molecule has 0 aromatic heterocycles. The van der Waals surface area contributed by atoms with Crippen LogP contribution in [0.5, 0.6) is 0 Å². The molecule has 0 N–H and O–H groups in total. The van der Waals surface area contributed by atoms with Gasteiger partial charge in [-0.3, -0.25) is 9.69 Å². The fourth-order valence-electron chi connectivity index (χ4n) is 2.09. The van der Waals surface area contributed by atoms with Gasteiger partial charge in [0.2, 0.25) is 0 Å². The van der Waals surface area contributed by atoms with Crippen LogP contribution in [0, 0.1) is 0 Å². The summed E-state index contributed by atoms with van der Waals surface area (Å²) in [4.78, 5) is 13.1. The quantitative estimate of drug-likeness (QED) is 0.782. The molecule has 0 aliphatic rings. The predicted molar refractivity (Wildman–Crippen MR) is 80.2 cm³/mol. The summed E-state index contributed by atoms with van der Waals surface area (Å²) in [5.41, 5.74) is 3.59. The van der Waals surface area contributed by atoms with Gasteiger partial charge in [-0.25, -0.2) is 0 Å². The van der Waals surface area contributed by atoms with Crippen molar-refractivity contribution in [2.24, 2.45) is 0 Å². The Morgan fingerprint density at radius 1 is 1.00 bits per heavy atom. The molecule has 0 heterocycles. The largest absolute Gasteiger partial charge is 0.468 e. The molecule has 0 aliphatic heterocycles. The molecule has 0 saturated carbocycles. The third-order valence-electron chi connectivity index (χ3n) is 3.14. The second kappa shape index (κ2) is 6.87. The fourth-order valence-corrected chi connectivity index (χ4v) is 2.09. The second-order valence-electron chi connectivity index (χ2n) is 4.81. The molecule has 0 amide bonds. The van der Waals surface area contributed by atoms with Crippen molar-refractivity contribution in [2.75, 3.05) is 20.7 Å². The molecule has 0 aliphatic carbocycles. The van der Waals surface area contributed by atoms with E-state index in [1.165, 1.54) is 23.8 Å². The van der Waals surface area contributed by atoms with Gasteiger partial charge in [0.1, 0.15) is 0 Å². The van der Waals surface area contributed by atoms with Gasteiger partial charge in [-0.05, 0) is 23.7 Å². The van der Waals surface area contributed by atoms with Gasteiger partial charge in [-0.15, -0.1) is 0 Å². The zero-order valence-corrected chi connectivity index (χ0v) is 11.9. The summed E-state index contributed by atoms with van der Waals surface area (Å²) < 4.78 is 4.65. The van der Waals surface area contributed by atoms with Crippen LogP contribution in [0.3, 0.4) is 0 Å². The van der Waals surface area contributed by atoms with Crippen LogP contribution < -0.4 is 0 Å². The zero-order chi connectivity index (χ0) is 14.4. The number of hydrogen-bond donors (Lipinski definition) is 0. The summed E-state index contributed by atoms with van der Waals surface area (Å²) in [6, 6.07) is 18.7. The van der Waals surface area contributed by atoms with Crippen LogP contribution >= 0.6 is 0 Å². The molecule has 20 heavy (non-hydrogen) atoms. The third-order valence-corrected chi connectivity index (χ3v) is 3.14. The number of carbonyl (C=O) groups excluding carboxylic acids is 1. The minimum absolute atomic E-state index is 0.214. The first kappa shape index (κ1) is 14.3. The molecule has 2 aromatic rings. The van der Waals surface area contributed by atoms with Crippen LogP contribution in [0.4, 0.5) is 0 Å². The zero-order valence-electron chi connectivity index (χ0n) is 11.9. The number of nitrogens with zero attached hydrogens (tertiary/aromatic N) is 1. The molecule has 0 spiro atoms. The molecule has 0 radical (unpaired) electrons. The SMILES string of the molecule is COC(=O)CN(C)Cc1ccc(-c2ccccc2)cc1. The van der Waals surface area contributed by atoms with Gasteiger partial charge in [-0.2, -0.15) is 0 Å². The van der Waals surface area contributed by atoms with E-state index in [1.807, 2.05) is 30.1 Å². The first-order valence-corrected chi connectivity index (χ1v) is 6.59. The molecule has 0 saturated heterocycles. The highest BCUT2D eigenvalue weighted by atomic mass is 16.5. The Balaban J connectivity index is 2.00. The van der Waals surface area contributed by atoms with Crippen LogP contribution in [0.15, 0.2) is 54.6 Å². The van der Waals surface area contributed by atoms with Crippen LogP contribution in [-0.4, -0.2) is 31.6 Å². The number of likely N-dealkylation sites (N-methyl/N-ethyl adjacent to an activating group) is 1. The number of hydrogen-bond acceptors (Lipinski definition) is 3. The van der Waals surface area contributed by atoms with E-state index in [-0.39, 0.29) is 5.97 Å². The summed E-state index contributed by atoms with van der Waals surface area (Å²) >= 11 is 0. The molecule has 3 heteroatoms. The smallest absolute Gasteiger partial charge is 0.319 e. The standard InChI is InChI=1S/C17H19NO2/c1-18(13-17(19)20-2)12-14-8-10-16(11-9-14)15-6-4-3-5-7-15/h3-11H,12-13H2,1-2H3. The van der Waals surface area contributed by atoms with Gasteiger partial charge in [-0.1, -0.05) is 54.6 Å². The summed E-state index contributed by atoms with van der Waals surface area (Å²) in [5.74, 6) is -0.214. The van der Waals surface area contributed by atoms with E-state index in [4.69, 9.17) is 0 Å². The van der Waals surface area contributed by atoms with Crippen LogP contribution in [0.2, 0.25) is 0 Å². The van der Waals surface area contributed by atoms with E-state index in [1.54, 1.807) is 0 Å². The van der Waals surface area contributed by atoms with E-state index in [9.17, 15) is 4.79 Å². The van der Waals surface area contributed by atoms with Crippen LogP contribution in [-0.2, 0) is 16.1 Å². The topological polar surface area (TPSA) is 29.5 Å². The van der Waals surface area contributed by atoms with Crippen molar-refractivity contribution in [3.8, 4) is 11.1 Å². The summed E-state index contributed by atoms with van der Waals surface area (Å²) in [6.07, 6.45) is 0. The molecule has 3 nitrogen and oxygen atoms in total. The Morgan fingerprint density at radius 2 is 1.60 bits per heavy atom. The van der Waals surface area contributed by atoms with Gasteiger partial charge in [0, 0.05) is 6.54 Å². The molecule has 0 unspecified atom stereocenters. The van der Waals surface area contributed by atoms with Gasteiger partial charge >= 0.3 is 5.97 Å². The van der Waals surface area contributed by atoms with Gasteiger partial charge in [0.05, 0.1) is 13.7 Å². The highest BCUT2D eigenvalue weighted by Gasteiger charge is 2.06. The molecule has 0 bridgehead atoms. The van der Waals surface area contributed by atoms with E-state index < -0.39 is 0 Å². The van der Waals surface area contributed by atoms with Gasteiger partial charge in [0.15, 0.2) is 0 Å². The number of carbonyl (C=O) groups is 1. The lowest BCUT2D eigenvalue weighted by molar-refractivity contribution is -0.141. The number of rotatable bonds is 5. The maximum Gasteiger partial charge on any atom is 0.319 e. The minimum Gasteiger partial charge on any atom is -0.468 e. The lowest BCUT2D eigenvalue weighted by atomic mass is 10.0. The Hall–Kier alpha value is -2.13. The lowest BCUT2D eigenvalue weighted by Gasteiger charge is -2.15. The number of ether oxygens (including phenoxy) is 1. The molecular weight excluding hydrogens is 250 g/mol. The minimum atomic E-state index is -0.214. The summed E-state index contributed by atoms with van der Waals surface area (Å²) in [6.45, 7) is 1.03. The van der Waals surface area contributed by atoms with E-state index in [0.717, 1.165) is 6.54 Å². The highest BCUT2D eigenvalue weighted by Crippen LogP contribution is 2.19. The van der Waals surface area contributed by atoms with E-state index >= 15 is 0 Å². The van der Waals surface area contributed by atoms with Crippen molar-refractivity contribution in [2.45, 2.75) is 6.54 Å². The first-order chi connectivity index (χ1) is 9.69. The Labute approximate surface area is 119 Å². The molecule has 104 valence electrons. The number of esters is 1. The average molecular weight is 269 g/mol. The summed E-state index contributed by atoms with van der Waals surface area (Å²) in [7, 11) is 3.31. The van der Waals surface area contributed by atoms with E-state index in [2.05, 4.69) is 41.1 Å². The molecule has 2 rings (SSSR count). The Bertz CT molecular complexity index is 549. The summed E-state index contributed by atoms with van der Waals surface area (Å²) in [5, 5.41) is 0. The third kappa shape index (κ3) is 3.93. The number of benzene rings is 2. The maximum atomic E-state index is 11.2. The van der Waals surface area contributed by atoms with Crippen molar-refractivity contribution >= 4 is 5.97 Å². The molecule has 0 atom stereocenters. The highest BCUT2D eigenvalue weighted by molar-refractivity contribution is 5.71. The van der Waals surface area contributed by atoms with Crippen molar-refractivity contribution < 1.29 is 9.53 Å². The van der Waals surface area contributed by atoms with Crippen molar-refractivity contribution in [1.29, 1.82) is 0 Å². The van der Waals surface area contributed by atoms with Crippen LogP contribution in [0.1, 0.15) is 5.56 Å². The first-order valence-electron chi connectivity index (χ1n) is 6.59. The monoisotopic (exact) mass is 269 g/mol. The normalized spacial score (nSPS) is 10.6. The fraction of sp³-hybridized carbons (Fsp3) is 0.235.